The largest absolute Gasteiger partial charge is 0.493 e. The second-order valence-corrected chi connectivity index (χ2v) is 7.99. The summed E-state index contributed by atoms with van der Waals surface area (Å²) >= 11 is 0. The van der Waals surface area contributed by atoms with Crippen molar-refractivity contribution in [2.24, 2.45) is 0 Å². The molecule has 3 aromatic carbocycles. The first-order valence-electron chi connectivity index (χ1n) is 10.8. The van der Waals surface area contributed by atoms with Gasteiger partial charge in [-0.2, -0.15) is 0 Å². The van der Waals surface area contributed by atoms with Crippen molar-refractivity contribution in [1.29, 1.82) is 0 Å². The molecule has 0 unspecified atom stereocenters. The minimum atomic E-state index is -0.475. The van der Waals surface area contributed by atoms with E-state index in [0.29, 0.717) is 17.1 Å². The summed E-state index contributed by atoms with van der Waals surface area (Å²) in [7, 11) is 1.50. The Morgan fingerprint density at radius 3 is 2.31 bits per heavy atom. The molecule has 178 valence electrons. The van der Waals surface area contributed by atoms with Crippen molar-refractivity contribution >= 4 is 23.7 Å². The molecule has 3 aromatic rings. The number of nitro benzene ring substituents is 1. The normalized spacial score (nSPS) is 14.2. The van der Waals surface area contributed by atoms with Gasteiger partial charge < -0.3 is 14.8 Å². The third kappa shape index (κ3) is 5.47. The first-order chi connectivity index (χ1) is 16.8. The number of nitrogens with zero attached hydrogens (tertiary/aromatic N) is 2. The van der Waals surface area contributed by atoms with Crippen LogP contribution in [-0.2, 0) is 17.9 Å². The Kier molecular flexibility index (Phi) is 6.77. The molecule has 1 heterocycles. The van der Waals surface area contributed by atoms with Crippen molar-refractivity contribution in [3.05, 3.63) is 105 Å². The number of non-ortho nitro benzene ring substituents is 1. The predicted molar refractivity (Wildman–Crippen MR) is 129 cm³/mol. The molecule has 4 rings (SSSR count). The van der Waals surface area contributed by atoms with Crippen molar-refractivity contribution in [2.45, 2.75) is 20.1 Å². The van der Waals surface area contributed by atoms with E-state index < -0.39 is 16.9 Å². The SMILES string of the molecule is COc1cc(/C=C2/NC(=O)N(Cc3ccc(C)cc3)C2=O)ccc1OCc1ccc([N+](=O)[O-])cc1. The molecule has 3 amide bonds. The lowest BCUT2D eigenvalue weighted by atomic mass is 10.1. The van der Waals surface area contributed by atoms with Crippen LogP contribution >= 0.6 is 0 Å². The molecule has 0 atom stereocenters. The number of hydrogen-bond acceptors (Lipinski definition) is 6. The topological polar surface area (TPSA) is 111 Å². The fourth-order valence-corrected chi connectivity index (χ4v) is 3.53. The number of amides is 3. The molecule has 1 aliphatic rings. The second-order valence-electron chi connectivity index (χ2n) is 7.99. The van der Waals surface area contributed by atoms with E-state index in [1.807, 2.05) is 31.2 Å². The number of carbonyl (C=O) groups excluding carboxylic acids is 2. The van der Waals surface area contributed by atoms with E-state index in [-0.39, 0.29) is 24.5 Å². The van der Waals surface area contributed by atoms with Crippen molar-refractivity contribution in [1.82, 2.24) is 10.2 Å². The summed E-state index contributed by atoms with van der Waals surface area (Å²) in [4.78, 5) is 36.7. The van der Waals surface area contributed by atoms with Gasteiger partial charge in [0.2, 0.25) is 0 Å². The van der Waals surface area contributed by atoms with Gasteiger partial charge in [-0.05, 0) is 54.0 Å². The lowest BCUT2D eigenvalue weighted by Gasteiger charge is -2.12. The highest BCUT2D eigenvalue weighted by Gasteiger charge is 2.33. The van der Waals surface area contributed by atoms with Gasteiger partial charge in [0.1, 0.15) is 12.3 Å². The number of nitro groups is 1. The van der Waals surface area contributed by atoms with Crippen LogP contribution in [0.15, 0.2) is 72.4 Å². The summed E-state index contributed by atoms with van der Waals surface area (Å²) in [6.07, 6.45) is 1.58. The highest BCUT2D eigenvalue weighted by Crippen LogP contribution is 2.30. The number of ether oxygens (including phenoxy) is 2. The third-order valence-corrected chi connectivity index (χ3v) is 5.46. The molecule has 9 heteroatoms. The molecule has 1 N–H and O–H groups in total. The number of benzene rings is 3. The monoisotopic (exact) mass is 473 g/mol. The zero-order valence-corrected chi connectivity index (χ0v) is 19.2. The van der Waals surface area contributed by atoms with Crippen LogP contribution in [0.1, 0.15) is 22.3 Å². The lowest BCUT2D eigenvalue weighted by molar-refractivity contribution is -0.384. The van der Waals surface area contributed by atoms with Crippen LogP contribution in [0.25, 0.3) is 6.08 Å². The Hall–Kier alpha value is -4.66. The number of hydrogen-bond donors (Lipinski definition) is 1. The van der Waals surface area contributed by atoms with Gasteiger partial charge in [-0.25, -0.2) is 4.79 Å². The number of rotatable bonds is 8. The van der Waals surface area contributed by atoms with Crippen molar-refractivity contribution < 1.29 is 24.0 Å². The first-order valence-corrected chi connectivity index (χ1v) is 10.8. The van der Waals surface area contributed by atoms with E-state index in [0.717, 1.165) is 21.6 Å². The zero-order valence-electron chi connectivity index (χ0n) is 19.2. The molecule has 1 aliphatic heterocycles. The molecule has 0 spiro atoms. The Morgan fingerprint density at radius 2 is 1.66 bits per heavy atom. The van der Waals surface area contributed by atoms with Gasteiger partial charge in [0.05, 0.1) is 18.6 Å². The van der Waals surface area contributed by atoms with Gasteiger partial charge in [0.15, 0.2) is 11.5 Å². The number of carbonyl (C=O) groups is 2. The number of nitrogens with one attached hydrogen (secondary N) is 1. The van der Waals surface area contributed by atoms with Crippen LogP contribution in [0, 0.1) is 17.0 Å². The highest BCUT2D eigenvalue weighted by molar-refractivity contribution is 6.13. The summed E-state index contributed by atoms with van der Waals surface area (Å²) in [5.74, 6) is 0.498. The zero-order chi connectivity index (χ0) is 24.9. The molecule has 0 saturated carbocycles. The smallest absolute Gasteiger partial charge is 0.329 e. The highest BCUT2D eigenvalue weighted by atomic mass is 16.6. The number of urea groups is 1. The van der Waals surface area contributed by atoms with E-state index in [1.54, 1.807) is 36.4 Å². The molecule has 9 nitrogen and oxygen atoms in total. The maximum absolute atomic E-state index is 12.8. The minimum Gasteiger partial charge on any atom is -0.493 e. The summed E-state index contributed by atoms with van der Waals surface area (Å²) in [5, 5.41) is 13.4. The number of imide groups is 1. The Bertz CT molecular complexity index is 1300. The predicted octanol–water partition coefficient (Wildman–Crippen LogP) is 4.58. The summed E-state index contributed by atoms with van der Waals surface area (Å²) in [6, 6.07) is 18.4. The minimum absolute atomic E-state index is 0.00898. The average Bonchev–Trinajstić information content (AvgIpc) is 3.11. The number of methoxy groups -OCH3 is 1. The quantitative estimate of drug-likeness (QED) is 0.222. The molecule has 35 heavy (non-hydrogen) atoms. The summed E-state index contributed by atoms with van der Waals surface area (Å²) < 4.78 is 11.2. The van der Waals surface area contributed by atoms with E-state index in [4.69, 9.17) is 9.47 Å². The molecular formula is C26H23N3O6. The maximum atomic E-state index is 12.8. The van der Waals surface area contributed by atoms with Gasteiger partial charge in [-0.15, -0.1) is 0 Å². The number of aryl methyl sites for hydroxylation is 1. The summed E-state index contributed by atoms with van der Waals surface area (Å²) in [5.41, 5.74) is 3.54. The van der Waals surface area contributed by atoms with Crippen LogP contribution < -0.4 is 14.8 Å². The van der Waals surface area contributed by atoms with Crippen molar-refractivity contribution in [3.63, 3.8) is 0 Å². The lowest BCUT2D eigenvalue weighted by Crippen LogP contribution is -2.30. The molecule has 0 bridgehead atoms. The second kappa shape index (κ2) is 10.1. The van der Waals surface area contributed by atoms with E-state index in [9.17, 15) is 19.7 Å². The molecule has 1 saturated heterocycles. The maximum Gasteiger partial charge on any atom is 0.329 e. The van der Waals surface area contributed by atoms with Gasteiger partial charge in [-0.1, -0.05) is 35.9 Å². The molecule has 0 aliphatic carbocycles. The molecule has 1 fully saturated rings. The van der Waals surface area contributed by atoms with Gasteiger partial charge in [-0.3, -0.25) is 19.8 Å². The summed E-state index contributed by atoms with van der Waals surface area (Å²) in [6.45, 7) is 2.34. The average molecular weight is 473 g/mol. The van der Waals surface area contributed by atoms with E-state index >= 15 is 0 Å². The van der Waals surface area contributed by atoms with Crippen molar-refractivity contribution in [2.75, 3.05) is 7.11 Å². The van der Waals surface area contributed by atoms with E-state index in [1.165, 1.54) is 19.2 Å². The Morgan fingerprint density at radius 1 is 0.971 bits per heavy atom. The fraction of sp³-hybridized carbons (Fsp3) is 0.154. The van der Waals surface area contributed by atoms with Crippen LogP contribution in [0.5, 0.6) is 11.5 Å². The van der Waals surface area contributed by atoms with Crippen LogP contribution in [0.3, 0.4) is 0 Å². The van der Waals surface area contributed by atoms with Gasteiger partial charge in [0, 0.05) is 12.1 Å². The third-order valence-electron chi connectivity index (χ3n) is 5.46. The molecule has 0 radical (unpaired) electrons. The van der Waals surface area contributed by atoms with Crippen LogP contribution in [-0.4, -0.2) is 28.9 Å². The van der Waals surface area contributed by atoms with Crippen LogP contribution in [0.4, 0.5) is 10.5 Å². The van der Waals surface area contributed by atoms with Gasteiger partial charge in [0.25, 0.3) is 11.6 Å². The van der Waals surface area contributed by atoms with E-state index in [2.05, 4.69) is 5.32 Å². The fourth-order valence-electron chi connectivity index (χ4n) is 3.53. The van der Waals surface area contributed by atoms with Crippen molar-refractivity contribution in [3.8, 4) is 11.5 Å². The van der Waals surface area contributed by atoms with Gasteiger partial charge >= 0.3 is 6.03 Å². The standard InChI is InChI=1S/C26H23N3O6/c1-17-3-5-18(6-4-17)15-28-25(30)22(27-26(28)31)13-20-9-12-23(24(14-20)34-2)35-16-19-7-10-21(11-8-19)29(32)33/h3-14H,15-16H2,1-2H3,(H,27,31)/b22-13+. The first kappa shape index (κ1) is 23.5. The molecule has 0 aromatic heterocycles. The Balaban J connectivity index is 1.45. The Labute approximate surface area is 201 Å². The molecular weight excluding hydrogens is 450 g/mol. The van der Waals surface area contributed by atoms with Crippen LogP contribution in [0.2, 0.25) is 0 Å².